The van der Waals surface area contributed by atoms with Crippen LogP contribution in [0, 0.1) is 5.82 Å². The number of carbonyl (C=O) groups excluding carboxylic acids is 1. The second kappa shape index (κ2) is 6.85. The van der Waals surface area contributed by atoms with Crippen LogP contribution in [0.4, 0.5) is 15.8 Å². The molecule has 0 aliphatic carbocycles. The fourth-order valence-electron chi connectivity index (χ4n) is 1.31. The molecule has 0 radical (unpaired) electrons. The van der Waals surface area contributed by atoms with Crippen molar-refractivity contribution in [3.05, 3.63) is 24.0 Å². The highest BCUT2D eigenvalue weighted by atomic mass is 19.1. The van der Waals surface area contributed by atoms with Crippen molar-refractivity contribution in [3.63, 3.8) is 0 Å². The molecule has 3 N–H and O–H groups in total. The molecule has 0 saturated carbocycles. The Labute approximate surface area is 100.0 Å². The van der Waals surface area contributed by atoms with E-state index in [4.69, 9.17) is 10.5 Å². The number of carbonyl (C=O) groups is 1. The van der Waals surface area contributed by atoms with Crippen LogP contribution in [-0.2, 0) is 9.53 Å². The van der Waals surface area contributed by atoms with E-state index >= 15 is 0 Å². The summed E-state index contributed by atoms with van der Waals surface area (Å²) in [5.41, 5.74) is 5.81. The number of nitrogens with one attached hydrogen (secondary N) is 1. The van der Waals surface area contributed by atoms with Crippen molar-refractivity contribution in [2.45, 2.75) is 19.8 Å². The van der Waals surface area contributed by atoms with Crippen LogP contribution in [0.1, 0.15) is 19.8 Å². The van der Waals surface area contributed by atoms with Gasteiger partial charge in [0, 0.05) is 25.3 Å². The van der Waals surface area contributed by atoms with Gasteiger partial charge in [0.2, 0.25) is 5.91 Å². The zero-order valence-electron chi connectivity index (χ0n) is 9.83. The molecule has 5 heteroatoms. The zero-order chi connectivity index (χ0) is 12.7. The summed E-state index contributed by atoms with van der Waals surface area (Å²) in [4.78, 5) is 11.5. The van der Waals surface area contributed by atoms with E-state index in [1.54, 1.807) is 6.07 Å². The quantitative estimate of drug-likeness (QED) is 0.591. The van der Waals surface area contributed by atoms with Crippen LogP contribution in [0.5, 0.6) is 0 Å². The van der Waals surface area contributed by atoms with Gasteiger partial charge in [0.05, 0.1) is 5.69 Å². The topological polar surface area (TPSA) is 64.3 Å². The molecule has 1 aromatic rings. The first-order chi connectivity index (χ1) is 8.13. The summed E-state index contributed by atoms with van der Waals surface area (Å²) in [7, 11) is 0. The lowest BCUT2D eigenvalue weighted by atomic mass is 10.2. The molecule has 4 nitrogen and oxygen atoms in total. The minimum Gasteiger partial charge on any atom is -0.396 e. The Balaban J connectivity index is 2.37. The Kier molecular flexibility index (Phi) is 5.42. The molecule has 94 valence electrons. The number of benzene rings is 1. The number of anilines is 2. The van der Waals surface area contributed by atoms with E-state index < -0.39 is 5.82 Å². The van der Waals surface area contributed by atoms with Crippen molar-refractivity contribution in [2.75, 3.05) is 24.3 Å². The number of amides is 1. The second-order valence-corrected chi connectivity index (χ2v) is 3.58. The van der Waals surface area contributed by atoms with Crippen molar-refractivity contribution < 1.29 is 13.9 Å². The van der Waals surface area contributed by atoms with Crippen molar-refractivity contribution in [1.29, 1.82) is 0 Å². The van der Waals surface area contributed by atoms with Gasteiger partial charge in [-0.15, -0.1) is 0 Å². The highest BCUT2D eigenvalue weighted by Gasteiger charge is 2.04. The number of hydrogen-bond acceptors (Lipinski definition) is 3. The van der Waals surface area contributed by atoms with E-state index in [1.165, 1.54) is 12.1 Å². The molecule has 0 atom stereocenters. The van der Waals surface area contributed by atoms with Crippen LogP contribution in [-0.4, -0.2) is 19.1 Å². The van der Waals surface area contributed by atoms with Crippen LogP contribution in [0.25, 0.3) is 0 Å². The van der Waals surface area contributed by atoms with Gasteiger partial charge in [-0.05, 0) is 31.5 Å². The SMILES string of the molecule is CCOCCCC(=O)Nc1ccc(N)c(F)c1. The molecule has 0 aromatic heterocycles. The van der Waals surface area contributed by atoms with Gasteiger partial charge in [0.25, 0.3) is 0 Å². The van der Waals surface area contributed by atoms with Crippen molar-refractivity contribution in [3.8, 4) is 0 Å². The largest absolute Gasteiger partial charge is 0.396 e. The fourth-order valence-corrected chi connectivity index (χ4v) is 1.31. The number of halogens is 1. The third-order valence-electron chi connectivity index (χ3n) is 2.18. The molecular weight excluding hydrogens is 223 g/mol. The summed E-state index contributed by atoms with van der Waals surface area (Å²) >= 11 is 0. The lowest BCUT2D eigenvalue weighted by Gasteiger charge is -2.06. The molecule has 0 bridgehead atoms. The van der Waals surface area contributed by atoms with Gasteiger partial charge in [-0.1, -0.05) is 0 Å². The predicted octanol–water partition coefficient (Wildman–Crippen LogP) is 2.16. The molecule has 1 amide bonds. The molecule has 0 aliphatic rings. The molecule has 17 heavy (non-hydrogen) atoms. The Morgan fingerprint density at radius 2 is 2.29 bits per heavy atom. The molecule has 0 aliphatic heterocycles. The summed E-state index contributed by atoms with van der Waals surface area (Å²) in [6.45, 7) is 3.10. The molecular formula is C12H17FN2O2. The van der Waals surface area contributed by atoms with Crippen LogP contribution >= 0.6 is 0 Å². The van der Waals surface area contributed by atoms with Gasteiger partial charge < -0.3 is 15.8 Å². The van der Waals surface area contributed by atoms with Crippen molar-refractivity contribution in [2.24, 2.45) is 0 Å². The molecule has 0 spiro atoms. The highest BCUT2D eigenvalue weighted by Crippen LogP contribution is 2.16. The van der Waals surface area contributed by atoms with Crippen molar-refractivity contribution in [1.82, 2.24) is 0 Å². The molecule has 0 heterocycles. The number of nitrogen functional groups attached to an aromatic ring is 1. The molecule has 0 fully saturated rings. The van der Waals surface area contributed by atoms with Gasteiger partial charge in [0.1, 0.15) is 5.82 Å². The van der Waals surface area contributed by atoms with Gasteiger partial charge in [-0.25, -0.2) is 4.39 Å². The molecule has 0 saturated heterocycles. The first-order valence-electron chi connectivity index (χ1n) is 5.56. The zero-order valence-corrected chi connectivity index (χ0v) is 9.83. The molecule has 1 rings (SSSR count). The lowest BCUT2D eigenvalue weighted by Crippen LogP contribution is -2.12. The van der Waals surface area contributed by atoms with Crippen molar-refractivity contribution >= 4 is 17.3 Å². The van der Waals surface area contributed by atoms with Gasteiger partial charge in [0.15, 0.2) is 0 Å². The second-order valence-electron chi connectivity index (χ2n) is 3.58. The van der Waals surface area contributed by atoms with E-state index in [-0.39, 0.29) is 11.6 Å². The summed E-state index contributed by atoms with van der Waals surface area (Å²) in [6.07, 6.45) is 1.00. The fraction of sp³-hybridized carbons (Fsp3) is 0.417. The summed E-state index contributed by atoms with van der Waals surface area (Å²) in [5.74, 6) is -0.689. The van der Waals surface area contributed by atoms with Crippen LogP contribution in [0.3, 0.4) is 0 Å². The summed E-state index contributed by atoms with van der Waals surface area (Å²) in [6, 6.07) is 4.19. The maximum Gasteiger partial charge on any atom is 0.224 e. The van der Waals surface area contributed by atoms with E-state index in [2.05, 4.69) is 5.32 Å². The number of ether oxygens (including phenoxy) is 1. The first kappa shape index (κ1) is 13.4. The Morgan fingerprint density at radius 3 is 2.94 bits per heavy atom. The van der Waals surface area contributed by atoms with Gasteiger partial charge in [-0.2, -0.15) is 0 Å². The maximum atomic E-state index is 13.1. The Hall–Kier alpha value is -1.62. The molecule has 1 aromatic carbocycles. The van der Waals surface area contributed by atoms with E-state index in [0.29, 0.717) is 31.7 Å². The molecule has 0 unspecified atom stereocenters. The summed E-state index contributed by atoms with van der Waals surface area (Å²) < 4.78 is 18.2. The first-order valence-corrected chi connectivity index (χ1v) is 5.56. The van der Waals surface area contributed by atoms with Crippen LogP contribution < -0.4 is 11.1 Å². The number of rotatable bonds is 6. The Morgan fingerprint density at radius 1 is 1.53 bits per heavy atom. The Bertz CT molecular complexity index is 383. The third kappa shape index (κ3) is 4.82. The average Bonchev–Trinajstić information content (AvgIpc) is 2.30. The van der Waals surface area contributed by atoms with Gasteiger partial charge in [-0.3, -0.25) is 4.79 Å². The predicted molar refractivity (Wildman–Crippen MR) is 65.2 cm³/mol. The van der Waals surface area contributed by atoms with Gasteiger partial charge >= 0.3 is 0 Å². The van der Waals surface area contributed by atoms with E-state index in [9.17, 15) is 9.18 Å². The summed E-state index contributed by atoms with van der Waals surface area (Å²) in [5, 5.41) is 2.60. The van der Waals surface area contributed by atoms with Crippen LogP contribution in [0.2, 0.25) is 0 Å². The van der Waals surface area contributed by atoms with E-state index in [1.807, 2.05) is 6.92 Å². The number of hydrogen-bond donors (Lipinski definition) is 2. The van der Waals surface area contributed by atoms with Crippen LogP contribution in [0.15, 0.2) is 18.2 Å². The number of nitrogens with two attached hydrogens (primary N) is 1. The smallest absolute Gasteiger partial charge is 0.224 e. The standard InChI is InChI=1S/C12H17FN2O2/c1-2-17-7-3-4-12(16)15-9-5-6-11(14)10(13)8-9/h5-6,8H,2-4,7,14H2,1H3,(H,15,16). The third-order valence-corrected chi connectivity index (χ3v) is 2.18. The minimum absolute atomic E-state index is 0.0688. The maximum absolute atomic E-state index is 13.1. The minimum atomic E-state index is -0.530. The van der Waals surface area contributed by atoms with E-state index in [0.717, 1.165) is 0 Å². The normalized spacial score (nSPS) is 10.2. The highest BCUT2D eigenvalue weighted by molar-refractivity contribution is 5.90. The average molecular weight is 240 g/mol. The monoisotopic (exact) mass is 240 g/mol. The lowest BCUT2D eigenvalue weighted by molar-refractivity contribution is -0.116.